The summed E-state index contributed by atoms with van der Waals surface area (Å²) in [5, 5.41) is 12.8. The molecule has 0 radical (unpaired) electrons. The van der Waals surface area contributed by atoms with E-state index >= 15 is 0 Å². The first-order valence-corrected chi connectivity index (χ1v) is 9.69. The first-order valence-electron chi connectivity index (χ1n) is 9.69. The maximum atomic E-state index is 14.3. The van der Waals surface area contributed by atoms with Gasteiger partial charge in [0.25, 0.3) is 0 Å². The summed E-state index contributed by atoms with van der Waals surface area (Å²) < 4.78 is 14.3. The van der Waals surface area contributed by atoms with E-state index < -0.39 is 5.82 Å². The molecule has 7 heteroatoms. The van der Waals surface area contributed by atoms with Gasteiger partial charge in [-0.3, -0.25) is 0 Å². The van der Waals surface area contributed by atoms with E-state index in [0.717, 1.165) is 28.9 Å². The standard InChI is InChI=1S/C22H27FN6/c1-14(2)25-16-7-5-9-18(11-16)27-21-20(23)13-24-22(29-21)28-19-10-6-8-17(12-19)26-15(3)4/h5-15,25-26H,1-4H3,(H2,24,27,28,29). The molecule has 0 unspecified atom stereocenters. The molecule has 1 aromatic heterocycles. The summed E-state index contributed by atoms with van der Waals surface area (Å²) in [5.41, 5.74) is 3.49. The average Bonchev–Trinajstić information content (AvgIpc) is 2.64. The van der Waals surface area contributed by atoms with Crippen molar-refractivity contribution < 1.29 is 4.39 Å². The maximum Gasteiger partial charge on any atom is 0.229 e. The average molecular weight is 394 g/mol. The topological polar surface area (TPSA) is 73.9 Å². The third kappa shape index (κ3) is 6.07. The van der Waals surface area contributed by atoms with Crippen molar-refractivity contribution in [3.8, 4) is 0 Å². The highest BCUT2D eigenvalue weighted by atomic mass is 19.1. The Balaban J connectivity index is 1.77. The highest BCUT2D eigenvalue weighted by molar-refractivity contribution is 5.65. The summed E-state index contributed by atoms with van der Waals surface area (Å²) >= 11 is 0. The van der Waals surface area contributed by atoms with Crippen LogP contribution in [0.2, 0.25) is 0 Å². The predicted octanol–water partition coefficient (Wildman–Crippen LogP) is 5.74. The second-order valence-electron chi connectivity index (χ2n) is 7.40. The lowest BCUT2D eigenvalue weighted by Gasteiger charge is -2.14. The van der Waals surface area contributed by atoms with Gasteiger partial charge in [-0.2, -0.15) is 4.98 Å². The van der Waals surface area contributed by atoms with Crippen LogP contribution in [-0.2, 0) is 0 Å². The van der Waals surface area contributed by atoms with Crippen molar-refractivity contribution in [3.05, 3.63) is 60.5 Å². The summed E-state index contributed by atoms with van der Waals surface area (Å²) in [6, 6.07) is 16.1. The van der Waals surface area contributed by atoms with Gasteiger partial charge in [-0.25, -0.2) is 9.37 Å². The molecule has 0 spiro atoms. The Morgan fingerprint density at radius 3 is 1.83 bits per heavy atom. The number of hydrogen-bond acceptors (Lipinski definition) is 6. The van der Waals surface area contributed by atoms with E-state index in [1.54, 1.807) is 0 Å². The van der Waals surface area contributed by atoms with Gasteiger partial charge < -0.3 is 21.3 Å². The lowest BCUT2D eigenvalue weighted by Crippen LogP contribution is -2.10. The Morgan fingerprint density at radius 1 is 0.759 bits per heavy atom. The van der Waals surface area contributed by atoms with Crippen LogP contribution in [0.25, 0.3) is 0 Å². The molecular weight excluding hydrogens is 367 g/mol. The molecule has 2 aromatic carbocycles. The van der Waals surface area contributed by atoms with Crippen LogP contribution in [-0.4, -0.2) is 22.1 Å². The zero-order chi connectivity index (χ0) is 20.8. The second-order valence-corrected chi connectivity index (χ2v) is 7.40. The molecule has 29 heavy (non-hydrogen) atoms. The number of aromatic nitrogens is 2. The van der Waals surface area contributed by atoms with Crippen molar-refractivity contribution in [2.75, 3.05) is 21.3 Å². The summed E-state index contributed by atoms with van der Waals surface area (Å²) in [6.07, 6.45) is 1.16. The Kier molecular flexibility index (Phi) is 6.49. The van der Waals surface area contributed by atoms with Gasteiger partial charge in [-0.15, -0.1) is 0 Å². The van der Waals surface area contributed by atoms with E-state index in [2.05, 4.69) is 58.9 Å². The minimum atomic E-state index is -0.520. The molecule has 1 heterocycles. The highest BCUT2D eigenvalue weighted by Gasteiger charge is 2.09. The predicted molar refractivity (Wildman–Crippen MR) is 119 cm³/mol. The van der Waals surface area contributed by atoms with E-state index in [-0.39, 0.29) is 5.82 Å². The lowest BCUT2D eigenvalue weighted by atomic mass is 10.2. The minimum Gasteiger partial charge on any atom is -0.383 e. The molecule has 3 aromatic rings. The Bertz CT molecular complexity index is 958. The molecule has 0 saturated carbocycles. The van der Waals surface area contributed by atoms with Crippen LogP contribution >= 0.6 is 0 Å². The van der Waals surface area contributed by atoms with Crippen molar-refractivity contribution in [2.45, 2.75) is 39.8 Å². The number of benzene rings is 2. The highest BCUT2D eigenvalue weighted by Crippen LogP contribution is 2.24. The van der Waals surface area contributed by atoms with Crippen molar-refractivity contribution in [1.82, 2.24) is 9.97 Å². The van der Waals surface area contributed by atoms with Crippen LogP contribution in [0, 0.1) is 5.82 Å². The fourth-order valence-electron chi connectivity index (χ4n) is 2.82. The van der Waals surface area contributed by atoms with Gasteiger partial charge in [0, 0.05) is 34.8 Å². The van der Waals surface area contributed by atoms with E-state index in [1.807, 2.05) is 48.5 Å². The van der Waals surface area contributed by atoms with Gasteiger partial charge in [-0.1, -0.05) is 12.1 Å². The third-order valence-electron chi connectivity index (χ3n) is 3.90. The first kappa shape index (κ1) is 20.4. The van der Waals surface area contributed by atoms with Gasteiger partial charge >= 0.3 is 0 Å². The number of rotatable bonds is 8. The summed E-state index contributed by atoms with van der Waals surface area (Å²) in [5.74, 6) is -0.0966. The molecule has 0 aliphatic heterocycles. The summed E-state index contributed by atoms with van der Waals surface area (Å²) in [4.78, 5) is 8.35. The molecule has 152 valence electrons. The molecular formula is C22H27FN6. The first-order chi connectivity index (χ1) is 13.9. The van der Waals surface area contributed by atoms with E-state index in [4.69, 9.17) is 0 Å². The van der Waals surface area contributed by atoms with Gasteiger partial charge in [0.1, 0.15) is 0 Å². The Hall–Kier alpha value is -3.35. The number of nitrogens with one attached hydrogen (secondary N) is 4. The van der Waals surface area contributed by atoms with E-state index in [9.17, 15) is 4.39 Å². The van der Waals surface area contributed by atoms with E-state index in [0.29, 0.717) is 18.0 Å². The molecule has 0 amide bonds. The van der Waals surface area contributed by atoms with Crippen LogP contribution in [0.5, 0.6) is 0 Å². The van der Waals surface area contributed by atoms with Crippen LogP contribution in [0.3, 0.4) is 0 Å². The van der Waals surface area contributed by atoms with Gasteiger partial charge in [0.2, 0.25) is 5.95 Å². The smallest absolute Gasteiger partial charge is 0.229 e. The van der Waals surface area contributed by atoms with E-state index in [1.165, 1.54) is 0 Å². The van der Waals surface area contributed by atoms with Crippen molar-refractivity contribution in [3.63, 3.8) is 0 Å². The largest absolute Gasteiger partial charge is 0.383 e. The third-order valence-corrected chi connectivity index (χ3v) is 3.90. The van der Waals surface area contributed by atoms with Gasteiger partial charge in [-0.05, 0) is 64.1 Å². The minimum absolute atomic E-state index is 0.112. The van der Waals surface area contributed by atoms with Crippen LogP contribution < -0.4 is 21.3 Å². The van der Waals surface area contributed by atoms with Crippen LogP contribution in [0.15, 0.2) is 54.7 Å². The quantitative estimate of drug-likeness (QED) is 0.390. The summed E-state index contributed by atoms with van der Waals surface area (Å²) in [7, 11) is 0. The number of hydrogen-bond donors (Lipinski definition) is 4. The molecule has 0 atom stereocenters. The van der Waals surface area contributed by atoms with Crippen molar-refractivity contribution in [1.29, 1.82) is 0 Å². The Labute approximate surface area is 171 Å². The van der Waals surface area contributed by atoms with Crippen molar-refractivity contribution in [2.24, 2.45) is 0 Å². The molecule has 0 fully saturated rings. The molecule has 3 rings (SSSR count). The number of nitrogens with zero attached hydrogens (tertiary/aromatic N) is 2. The van der Waals surface area contributed by atoms with Gasteiger partial charge in [0.15, 0.2) is 11.6 Å². The normalized spacial score (nSPS) is 10.9. The number of halogens is 1. The molecule has 6 nitrogen and oxygen atoms in total. The monoisotopic (exact) mass is 394 g/mol. The zero-order valence-electron chi connectivity index (χ0n) is 17.1. The van der Waals surface area contributed by atoms with Crippen molar-refractivity contribution >= 4 is 34.5 Å². The molecule has 0 aliphatic carbocycles. The fourth-order valence-corrected chi connectivity index (χ4v) is 2.82. The SMILES string of the molecule is CC(C)Nc1cccc(Nc2ncc(F)c(Nc3cccc(NC(C)C)c3)n2)c1. The maximum absolute atomic E-state index is 14.3. The lowest BCUT2D eigenvalue weighted by molar-refractivity contribution is 0.619. The zero-order valence-corrected chi connectivity index (χ0v) is 17.1. The number of anilines is 6. The molecule has 0 bridgehead atoms. The molecule has 0 aliphatic rings. The van der Waals surface area contributed by atoms with Crippen LogP contribution in [0.1, 0.15) is 27.7 Å². The second kappa shape index (κ2) is 9.23. The Morgan fingerprint density at radius 2 is 1.28 bits per heavy atom. The van der Waals surface area contributed by atoms with Gasteiger partial charge in [0.05, 0.1) is 6.20 Å². The fraction of sp³-hybridized carbons (Fsp3) is 0.273. The summed E-state index contributed by atoms with van der Waals surface area (Å²) in [6.45, 7) is 8.28. The van der Waals surface area contributed by atoms with Crippen LogP contribution in [0.4, 0.5) is 38.9 Å². The molecule has 0 saturated heterocycles. The molecule has 4 N–H and O–H groups in total.